The summed E-state index contributed by atoms with van der Waals surface area (Å²) < 4.78 is 5.36. The van der Waals surface area contributed by atoms with Crippen LogP contribution < -0.4 is 10.5 Å². The van der Waals surface area contributed by atoms with Gasteiger partial charge in [0.15, 0.2) is 0 Å². The molecule has 17 heavy (non-hydrogen) atoms. The smallest absolute Gasteiger partial charge is 0.141 e. The summed E-state index contributed by atoms with van der Waals surface area (Å²) in [5.41, 5.74) is 7.05. The number of hydrogen-bond donors (Lipinski definition) is 1. The van der Waals surface area contributed by atoms with Gasteiger partial charge < -0.3 is 10.5 Å². The highest BCUT2D eigenvalue weighted by Gasteiger charge is 2.17. The summed E-state index contributed by atoms with van der Waals surface area (Å²) in [5, 5.41) is 0.679. The number of benzene rings is 1. The summed E-state index contributed by atoms with van der Waals surface area (Å²) in [6.45, 7) is 2.99. The van der Waals surface area contributed by atoms with E-state index in [0.29, 0.717) is 11.1 Å². The second kappa shape index (κ2) is 5.71. The van der Waals surface area contributed by atoms with E-state index in [2.05, 4.69) is 11.0 Å². The summed E-state index contributed by atoms with van der Waals surface area (Å²) in [7, 11) is 1.66. The molecule has 0 aromatic heterocycles. The normalized spacial score (nSPS) is 18.3. The topological polar surface area (TPSA) is 38.5 Å². The Morgan fingerprint density at radius 2 is 2.12 bits per heavy atom. The van der Waals surface area contributed by atoms with Crippen LogP contribution in [-0.2, 0) is 6.54 Å². The molecule has 0 aliphatic carbocycles. The first kappa shape index (κ1) is 12.7. The number of methoxy groups -OCH3 is 1. The van der Waals surface area contributed by atoms with E-state index in [4.69, 9.17) is 22.1 Å². The number of ether oxygens (including phenoxy) is 1. The van der Waals surface area contributed by atoms with Gasteiger partial charge in [0.25, 0.3) is 0 Å². The molecule has 0 amide bonds. The fourth-order valence-electron chi connectivity index (χ4n) is 2.26. The fourth-order valence-corrected chi connectivity index (χ4v) is 2.53. The van der Waals surface area contributed by atoms with Crippen LogP contribution in [0.2, 0.25) is 5.02 Å². The van der Waals surface area contributed by atoms with Gasteiger partial charge in [0.1, 0.15) is 5.75 Å². The molecule has 0 radical (unpaired) electrons. The average Bonchev–Trinajstić information content (AvgIpc) is 2.32. The van der Waals surface area contributed by atoms with Crippen LogP contribution in [0.3, 0.4) is 0 Å². The van der Waals surface area contributed by atoms with Crippen LogP contribution in [0.1, 0.15) is 18.4 Å². The molecule has 4 heteroatoms. The van der Waals surface area contributed by atoms with Crippen molar-refractivity contribution in [3.63, 3.8) is 0 Å². The van der Waals surface area contributed by atoms with E-state index in [1.807, 2.05) is 12.1 Å². The number of piperidine rings is 1. The average molecular weight is 255 g/mol. The molecule has 0 unspecified atom stereocenters. The van der Waals surface area contributed by atoms with Crippen LogP contribution in [-0.4, -0.2) is 31.1 Å². The van der Waals surface area contributed by atoms with Crippen LogP contribution in [0.15, 0.2) is 18.2 Å². The molecule has 0 saturated carbocycles. The standard InChI is InChI=1S/C13H19ClN2O/c1-17-13-10(3-2-4-12(13)14)9-16-7-5-11(15)6-8-16/h2-4,11H,5-9,15H2,1H3. The fraction of sp³-hybridized carbons (Fsp3) is 0.538. The largest absolute Gasteiger partial charge is 0.495 e. The third kappa shape index (κ3) is 3.12. The van der Waals surface area contributed by atoms with E-state index in [1.54, 1.807) is 7.11 Å². The zero-order valence-electron chi connectivity index (χ0n) is 10.2. The van der Waals surface area contributed by atoms with Gasteiger partial charge >= 0.3 is 0 Å². The van der Waals surface area contributed by atoms with Gasteiger partial charge in [-0.05, 0) is 32.0 Å². The number of hydrogen-bond acceptors (Lipinski definition) is 3. The first-order chi connectivity index (χ1) is 8.20. The zero-order valence-corrected chi connectivity index (χ0v) is 10.9. The molecule has 0 atom stereocenters. The van der Waals surface area contributed by atoms with Gasteiger partial charge in [-0.1, -0.05) is 23.7 Å². The van der Waals surface area contributed by atoms with Crippen molar-refractivity contribution < 1.29 is 4.74 Å². The summed E-state index contributed by atoms with van der Waals surface area (Å²) in [6, 6.07) is 6.26. The zero-order chi connectivity index (χ0) is 12.3. The summed E-state index contributed by atoms with van der Waals surface area (Å²) in [4.78, 5) is 2.40. The number of nitrogens with zero attached hydrogens (tertiary/aromatic N) is 1. The van der Waals surface area contributed by atoms with Crippen LogP contribution in [0.25, 0.3) is 0 Å². The van der Waals surface area contributed by atoms with E-state index in [1.165, 1.54) is 0 Å². The number of likely N-dealkylation sites (tertiary alicyclic amines) is 1. The van der Waals surface area contributed by atoms with Gasteiger partial charge in [-0.25, -0.2) is 0 Å². The predicted molar refractivity (Wildman–Crippen MR) is 70.5 cm³/mol. The summed E-state index contributed by atoms with van der Waals surface area (Å²) in [6.07, 6.45) is 2.14. The van der Waals surface area contributed by atoms with Gasteiger partial charge in [-0.15, -0.1) is 0 Å². The van der Waals surface area contributed by atoms with Gasteiger partial charge in [0, 0.05) is 18.2 Å². The second-order valence-corrected chi connectivity index (χ2v) is 4.95. The molecule has 1 fully saturated rings. The monoisotopic (exact) mass is 254 g/mol. The van der Waals surface area contributed by atoms with Crippen molar-refractivity contribution in [3.8, 4) is 5.75 Å². The molecule has 1 heterocycles. The Bertz CT molecular complexity index is 376. The third-order valence-corrected chi connectivity index (χ3v) is 3.58. The van der Waals surface area contributed by atoms with Crippen molar-refractivity contribution in [3.05, 3.63) is 28.8 Å². The highest BCUT2D eigenvalue weighted by Crippen LogP contribution is 2.29. The minimum Gasteiger partial charge on any atom is -0.495 e. The lowest BCUT2D eigenvalue weighted by Crippen LogP contribution is -2.39. The Hall–Kier alpha value is -0.770. The summed E-state index contributed by atoms with van der Waals surface area (Å²) >= 11 is 6.11. The Morgan fingerprint density at radius 3 is 2.76 bits per heavy atom. The molecule has 1 aromatic carbocycles. The van der Waals surface area contributed by atoms with Crippen LogP contribution in [0, 0.1) is 0 Å². The Balaban J connectivity index is 2.05. The molecule has 2 N–H and O–H groups in total. The second-order valence-electron chi connectivity index (χ2n) is 4.55. The lowest BCUT2D eigenvalue weighted by atomic mass is 10.1. The Morgan fingerprint density at radius 1 is 1.41 bits per heavy atom. The molecule has 1 saturated heterocycles. The Kier molecular flexibility index (Phi) is 4.26. The minimum atomic E-state index is 0.368. The van der Waals surface area contributed by atoms with Crippen molar-refractivity contribution in [1.29, 1.82) is 0 Å². The highest BCUT2D eigenvalue weighted by molar-refractivity contribution is 6.32. The van der Waals surface area contributed by atoms with Gasteiger partial charge in [-0.3, -0.25) is 4.90 Å². The van der Waals surface area contributed by atoms with E-state index >= 15 is 0 Å². The molecule has 0 bridgehead atoms. The van der Waals surface area contributed by atoms with Crippen molar-refractivity contribution in [2.75, 3.05) is 20.2 Å². The lowest BCUT2D eigenvalue weighted by molar-refractivity contribution is 0.203. The molecule has 1 aromatic rings. The van der Waals surface area contributed by atoms with Crippen molar-refractivity contribution in [1.82, 2.24) is 4.90 Å². The first-order valence-electron chi connectivity index (χ1n) is 6.00. The van der Waals surface area contributed by atoms with Crippen LogP contribution in [0.5, 0.6) is 5.75 Å². The van der Waals surface area contributed by atoms with Gasteiger partial charge in [-0.2, -0.15) is 0 Å². The lowest BCUT2D eigenvalue weighted by Gasteiger charge is -2.30. The van der Waals surface area contributed by atoms with E-state index in [-0.39, 0.29) is 0 Å². The Labute approximate surface area is 107 Å². The van der Waals surface area contributed by atoms with Crippen molar-refractivity contribution in [2.45, 2.75) is 25.4 Å². The number of nitrogens with two attached hydrogens (primary N) is 1. The van der Waals surface area contributed by atoms with Crippen LogP contribution >= 0.6 is 11.6 Å². The highest BCUT2D eigenvalue weighted by atomic mass is 35.5. The maximum atomic E-state index is 6.11. The third-order valence-electron chi connectivity index (χ3n) is 3.28. The molecular formula is C13H19ClN2O. The number of rotatable bonds is 3. The van der Waals surface area contributed by atoms with Gasteiger partial charge in [0.05, 0.1) is 12.1 Å². The van der Waals surface area contributed by atoms with Crippen molar-refractivity contribution in [2.24, 2.45) is 5.73 Å². The molecule has 1 aliphatic heterocycles. The minimum absolute atomic E-state index is 0.368. The number of halogens is 1. The SMILES string of the molecule is COc1c(Cl)cccc1CN1CCC(N)CC1. The number of para-hydroxylation sites is 1. The maximum absolute atomic E-state index is 6.11. The predicted octanol–water partition coefficient (Wildman–Crippen LogP) is 2.27. The first-order valence-corrected chi connectivity index (χ1v) is 6.38. The summed E-state index contributed by atoms with van der Waals surface area (Å²) in [5.74, 6) is 0.795. The molecule has 94 valence electrons. The van der Waals surface area contributed by atoms with E-state index < -0.39 is 0 Å². The molecule has 1 aliphatic rings. The van der Waals surface area contributed by atoms with E-state index in [0.717, 1.165) is 43.8 Å². The van der Waals surface area contributed by atoms with E-state index in [9.17, 15) is 0 Å². The quantitative estimate of drug-likeness (QED) is 0.899. The van der Waals surface area contributed by atoms with Crippen LogP contribution in [0.4, 0.5) is 0 Å². The molecule has 2 rings (SSSR count). The molecule has 0 spiro atoms. The maximum Gasteiger partial charge on any atom is 0.141 e. The molecular weight excluding hydrogens is 236 g/mol. The molecule has 3 nitrogen and oxygen atoms in total. The van der Waals surface area contributed by atoms with Gasteiger partial charge in [0.2, 0.25) is 0 Å². The van der Waals surface area contributed by atoms with Crippen molar-refractivity contribution >= 4 is 11.6 Å².